The molecule has 0 bridgehead atoms. The van der Waals surface area contributed by atoms with Crippen molar-refractivity contribution in [3.05, 3.63) is 52.6 Å². The van der Waals surface area contributed by atoms with Crippen LogP contribution in [0, 0.1) is 0 Å². The van der Waals surface area contributed by atoms with Gasteiger partial charge in [0.25, 0.3) is 10.0 Å². The number of hydrogen-bond donors (Lipinski definition) is 1. The molecule has 8 heteroatoms. The zero-order valence-corrected chi connectivity index (χ0v) is 16.6. The molecule has 1 aliphatic rings. The van der Waals surface area contributed by atoms with Gasteiger partial charge in [-0.3, -0.25) is 0 Å². The smallest absolute Gasteiger partial charge is 0.265 e. The van der Waals surface area contributed by atoms with Crippen molar-refractivity contribution in [2.24, 2.45) is 0 Å². The van der Waals surface area contributed by atoms with E-state index in [2.05, 4.69) is 4.98 Å². The number of nitrogens with zero attached hydrogens (tertiary/aromatic N) is 2. The van der Waals surface area contributed by atoms with E-state index in [1.165, 1.54) is 16.6 Å². The van der Waals surface area contributed by atoms with Crippen LogP contribution in [0.5, 0.6) is 0 Å². The Morgan fingerprint density at radius 3 is 2.38 bits per heavy atom. The van der Waals surface area contributed by atoms with Gasteiger partial charge >= 0.3 is 0 Å². The van der Waals surface area contributed by atoms with Crippen LogP contribution in [0.3, 0.4) is 0 Å². The van der Waals surface area contributed by atoms with Crippen LogP contribution in [0.1, 0.15) is 32.6 Å². The lowest BCUT2D eigenvalue weighted by Gasteiger charge is -2.39. The SMILES string of the molecule is CC1(O)CCC(N(c2ncc(Cl)cc2Cl)S(=O)(=O)c2ccccc2)CC1. The zero-order chi connectivity index (χ0) is 18.9. The second kappa shape index (κ2) is 7.35. The Hall–Kier alpha value is -1.34. The summed E-state index contributed by atoms with van der Waals surface area (Å²) in [5.41, 5.74) is -0.782. The number of rotatable bonds is 4. The predicted molar refractivity (Wildman–Crippen MR) is 103 cm³/mol. The van der Waals surface area contributed by atoms with Gasteiger partial charge in [-0.05, 0) is 50.8 Å². The number of pyridine rings is 1. The van der Waals surface area contributed by atoms with E-state index in [-0.39, 0.29) is 21.8 Å². The number of aromatic nitrogens is 1. The maximum absolute atomic E-state index is 13.4. The second-order valence-electron chi connectivity index (χ2n) is 6.80. The Bertz CT molecular complexity index is 879. The summed E-state index contributed by atoms with van der Waals surface area (Å²) in [7, 11) is -3.86. The van der Waals surface area contributed by atoms with Gasteiger partial charge in [0.15, 0.2) is 5.82 Å². The van der Waals surface area contributed by atoms with Crippen LogP contribution in [0.2, 0.25) is 10.0 Å². The van der Waals surface area contributed by atoms with Crippen LogP contribution in [-0.4, -0.2) is 30.2 Å². The molecule has 0 atom stereocenters. The average Bonchev–Trinajstić information content (AvgIpc) is 2.59. The maximum atomic E-state index is 13.4. The minimum Gasteiger partial charge on any atom is -0.390 e. The number of sulfonamides is 1. The minimum atomic E-state index is -3.86. The minimum absolute atomic E-state index is 0.159. The first-order chi connectivity index (χ1) is 12.2. The largest absolute Gasteiger partial charge is 0.390 e. The van der Waals surface area contributed by atoms with Crippen LogP contribution >= 0.6 is 23.2 Å². The third-order valence-electron chi connectivity index (χ3n) is 4.66. The maximum Gasteiger partial charge on any atom is 0.265 e. The molecule has 1 fully saturated rings. The lowest BCUT2D eigenvalue weighted by atomic mass is 9.83. The van der Waals surface area contributed by atoms with E-state index >= 15 is 0 Å². The third kappa shape index (κ3) is 3.98. The molecule has 0 unspecified atom stereocenters. The topological polar surface area (TPSA) is 70.5 Å². The second-order valence-corrected chi connectivity index (χ2v) is 9.46. The monoisotopic (exact) mass is 414 g/mol. The van der Waals surface area contributed by atoms with Crippen molar-refractivity contribution in [3.63, 3.8) is 0 Å². The summed E-state index contributed by atoms with van der Waals surface area (Å²) in [5.74, 6) is 0.159. The fourth-order valence-electron chi connectivity index (χ4n) is 3.22. The van der Waals surface area contributed by atoms with Gasteiger partial charge in [0.1, 0.15) is 0 Å². The summed E-state index contributed by atoms with van der Waals surface area (Å²) in [5, 5.41) is 10.7. The van der Waals surface area contributed by atoms with E-state index < -0.39 is 15.6 Å². The molecule has 1 N–H and O–H groups in total. The highest BCUT2D eigenvalue weighted by Gasteiger charge is 2.38. The van der Waals surface area contributed by atoms with Gasteiger partial charge in [-0.25, -0.2) is 17.7 Å². The third-order valence-corrected chi connectivity index (χ3v) is 7.00. The van der Waals surface area contributed by atoms with Crippen LogP contribution in [-0.2, 0) is 10.0 Å². The number of hydrogen-bond acceptors (Lipinski definition) is 4. The standard InChI is InChI=1S/C18H20Cl2N2O3S/c1-18(23)9-7-14(8-10-18)22(17-16(20)11-13(19)12-21-17)26(24,25)15-5-3-2-4-6-15/h2-6,11-12,14,23H,7-10H2,1H3. The van der Waals surface area contributed by atoms with Crippen molar-refractivity contribution in [2.75, 3.05) is 4.31 Å². The zero-order valence-electron chi connectivity index (χ0n) is 14.3. The summed E-state index contributed by atoms with van der Waals surface area (Å²) < 4.78 is 28.0. The van der Waals surface area contributed by atoms with E-state index in [4.69, 9.17) is 23.2 Å². The first-order valence-electron chi connectivity index (χ1n) is 8.34. The van der Waals surface area contributed by atoms with E-state index in [9.17, 15) is 13.5 Å². The molecule has 3 rings (SSSR count). The molecule has 26 heavy (non-hydrogen) atoms. The van der Waals surface area contributed by atoms with Gasteiger partial charge in [0, 0.05) is 12.2 Å². The summed E-state index contributed by atoms with van der Waals surface area (Å²) >= 11 is 12.2. The molecule has 0 radical (unpaired) electrons. The highest BCUT2D eigenvalue weighted by molar-refractivity contribution is 7.92. The summed E-state index contributed by atoms with van der Waals surface area (Å²) in [6.45, 7) is 1.77. The van der Waals surface area contributed by atoms with E-state index in [0.717, 1.165) is 0 Å². The molecule has 0 aliphatic heterocycles. The molecule has 1 saturated carbocycles. The molecular weight excluding hydrogens is 395 g/mol. The first kappa shape index (κ1) is 19.4. The van der Waals surface area contributed by atoms with Gasteiger partial charge in [-0.2, -0.15) is 0 Å². The number of aliphatic hydroxyl groups is 1. The Morgan fingerprint density at radius 1 is 1.19 bits per heavy atom. The summed E-state index contributed by atoms with van der Waals surface area (Å²) in [4.78, 5) is 4.37. The Morgan fingerprint density at radius 2 is 1.81 bits per heavy atom. The Kier molecular flexibility index (Phi) is 5.49. The van der Waals surface area contributed by atoms with Gasteiger partial charge in [0.2, 0.25) is 0 Å². The number of benzene rings is 1. The van der Waals surface area contributed by atoms with E-state index in [1.54, 1.807) is 37.3 Å². The normalized spacial score (nSPS) is 23.6. The number of halogens is 2. The fraction of sp³-hybridized carbons (Fsp3) is 0.389. The molecular formula is C18H20Cl2N2O3S. The van der Waals surface area contributed by atoms with E-state index in [1.807, 2.05) is 0 Å². The highest BCUT2D eigenvalue weighted by atomic mass is 35.5. The van der Waals surface area contributed by atoms with Crippen molar-refractivity contribution in [1.82, 2.24) is 4.98 Å². The molecule has 0 saturated heterocycles. The molecule has 140 valence electrons. The molecule has 1 aromatic heterocycles. The Balaban J connectivity index is 2.08. The molecule has 1 aromatic carbocycles. The van der Waals surface area contributed by atoms with Crippen molar-refractivity contribution >= 4 is 39.0 Å². The first-order valence-corrected chi connectivity index (χ1v) is 10.5. The molecule has 0 amide bonds. The van der Waals surface area contributed by atoms with Gasteiger partial charge in [-0.1, -0.05) is 41.4 Å². The molecule has 5 nitrogen and oxygen atoms in total. The fourth-order valence-corrected chi connectivity index (χ4v) is 5.44. The highest BCUT2D eigenvalue weighted by Crippen LogP contribution is 2.38. The summed E-state index contributed by atoms with van der Waals surface area (Å²) in [6, 6.07) is 9.34. The molecule has 1 heterocycles. The van der Waals surface area contributed by atoms with Crippen LogP contribution in [0.15, 0.2) is 47.5 Å². The molecule has 1 aliphatic carbocycles. The van der Waals surface area contributed by atoms with Gasteiger partial charge in [-0.15, -0.1) is 0 Å². The van der Waals surface area contributed by atoms with Crippen LogP contribution in [0.4, 0.5) is 5.82 Å². The van der Waals surface area contributed by atoms with Crippen molar-refractivity contribution in [2.45, 2.75) is 49.1 Å². The molecule has 0 spiro atoms. The van der Waals surface area contributed by atoms with Crippen molar-refractivity contribution < 1.29 is 13.5 Å². The van der Waals surface area contributed by atoms with Crippen molar-refractivity contribution in [3.8, 4) is 0 Å². The molecule has 2 aromatic rings. The van der Waals surface area contributed by atoms with Gasteiger partial charge in [0.05, 0.1) is 20.5 Å². The van der Waals surface area contributed by atoms with Crippen LogP contribution in [0.25, 0.3) is 0 Å². The van der Waals surface area contributed by atoms with Crippen LogP contribution < -0.4 is 4.31 Å². The number of anilines is 1. The lowest BCUT2D eigenvalue weighted by Crippen LogP contribution is -2.46. The Labute approximate surface area is 163 Å². The average molecular weight is 415 g/mol. The van der Waals surface area contributed by atoms with Crippen molar-refractivity contribution in [1.29, 1.82) is 0 Å². The quantitative estimate of drug-likeness (QED) is 0.810. The lowest BCUT2D eigenvalue weighted by molar-refractivity contribution is 0.0183. The van der Waals surface area contributed by atoms with E-state index in [0.29, 0.717) is 30.7 Å². The summed E-state index contributed by atoms with van der Waals surface area (Å²) in [6.07, 6.45) is 3.42. The predicted octanol–water partition coefficient (Wildman–Crippen LogP) is 4.28. The van der Waals surface area contributed by atoms with Gasteiger partial charge < -0.3 is 5.11 Å².